The number of anilines is 1. The van der Waals surface area contributed by atoms with Crippen molar-refractivity contribution in [3.63, 3.8) is 0 Å². The summed E-state index contributed by atoms with van der Waals surface area (Å²) in [6.07, 6.45) is 4.95. The summed E-state index contributed by atoms with van der Waals surface area (Å²) in [5.41, 5.74) is 6.59. The lowest BCUT2D eigenvalue weighted by Gasteiger charge is -2.36. The molecule has 0 amide bonds. The topological polar surface area (TPSA) is 41.6 Å². The molecular formula is C16H22FN3. The molecule has 3 nitrogen and oxygen atoms in total. The second-order valence-electron chi connectivity index (χ2n) is 6.12. The summed E-state index contributed by atoms with van der Waals surface area (Å²) in [7, 11) is 0. The van der Waals surface area contributed by atoms with Gasteiger partial charge in [-0.1, -0.05) is 31.9 Å². The highest BCUT2D eigenvalue weighted by Crippen LogP contribution is 2.36. The molecule has 1 saturated carbocycles. The Morgan fingerprint density at radius 3 is 2.85 bits per heavy atom. The van der Waals surface area contributed by atoms with E-state index in [-0.39, 0.29) is 11.9 Å². The maximum Gasteiger partial charge on any atom is 0.196 e. The molecule has 1 aromatic carbocycles. The average Bonchev–Trinajstić information content (AvgIpc) is 2.81. The van der Waals surface area contributed by atoms with Crippen molar-refractivity contribution < 1.29 is 4.39 Å². The van der Waals surface area contributed by atoms with Crippen molar-refractivity contribution in [2.24, 2.45) is 22.6 Å². The fraction of sp³-hybridized carbons (Fsp3) is 0.562. The molecule has 3 atom stereocenters. The smallest absolute Gasteiger partial charge is 0.196 e. The number of guanidine groups is 1. The van der Waals surface area contributed by atoms with Gasteiger partial charge in [-0.3, -0.25) is 4.99 Å². The molecule has 1 aliphatic heterocycles. The number of rotatable bonds is 2. The monoisotopic (exact) mass is 275 g/mol. The van der Waals surface area contributed by atoms with Gasteiger partial charge in [0.1, 0.15) is 5.82 Å². The number of para-hydroxylation sites is 1. The molecule has 20 heavy (non-hydrogen) atoms. The van der Waals surface area contributed by atoms with Crippen LogP contribution in [0.5, 0.6) is 0 Å². The summed E-state index contributed by atoms with van der Waals surface area (Å²) < 4.78 is 14.1. The van der Waals surface area contributed by atoms with Gasteiger partial charge in [0, 0.05) is 0 Å². The number of benzene rings is 1. The Kier molecular flexibility index (Phi) is 3.64. The van der Waals surface area contributed by atoms with Crippen LogP contribution < -0.4 is 10.6 Å². The molecule has 3 rings (SSSR count). The van der Waals surface area contributed by atoms with Crippen molar-refractivity contribution in [1.82, 2.24) is 0 Å². The minimum Gasteiger partial charge on any atom is -0.370 e. The van der Waals surface area contributed by atoms with E-state index in [0.717, 1.165) is 5.92 Å². The standard InChI is InChI=1S/C16H22FN3/c1-11-5-4-6-12(9-11)15-10-19-16(18)20(15)14-8-3-2-7-13(14)17/h2-3,7-8,11-12,15H,4-6,9-10H2,1H3,(H2,18,19). The van der Waals surface area contributed by atoms with Gasteiger partial charge in [-0.25, -0.2) is 4.39 Å². The number of hydrogen-bond acceptors (Lipinski definition) is 3. The summed E-state index contributed by atoms with van der Waals surface area (Å²) in [5, 5.41) is 0. The highest BCUT2D eigenvalue weighted by molar-refractivity contribution is 5.97. The predicted octanol–water partition coefficient (Wildman–Crippen LogP) is 3.16. The summed E-state index contributed by atoms with van der Waals surface area (Å²) >= 11 is 0. The lowest BCUT2D eigenvalue weighted by molar-refractivity contribution is 0.253. The quantitative estimate of drug-likeness (QED) is 0.900. The van der Waals surface area contributed by atoms with E-state index >= 15 is 0 Å². The third-order valence-corrected chi connectivity index (χ3v) is 4.65. The maximum absolute atomic E-state index is 14.1. The van der Waals surface area contributed by atoms with Crippen molar-refractivity contribution in [2.45, 2.75) is 38.6 Å². The van der Waals surface area contributed by atoms with Gasteiger partial charge in [-0.05, 0) is 36.8 Å². The number of nitrogens with zero attached hydrogens (tertiary/aromatic N) is 2. The van der Waals surface area contributed by atoms with Crippen LogP contribution in [-0.4, -0.2) is 18.5 Å². The van der Waals surface area contributed by atoms with E-state index in [4.69, 9.17) is 5.73 Å². The van der Waals surface area contributed by atoms with E-state index in [1.165, 1.54) is 31.7 Å². The Labute approximate surface area is 119 Å². The first-order chi connectivity index (χ1) is 9.66. The molecule has 3 unspecified atom stereocenters. The molecule has 0 aromatic heterocycles. The normalized spacial score (nSPS) is 30.4. The molecule has 0 spiro atoms. The van der Waals surface area contributed by atoms with Gasteiger partial charge in [-0.15, -0.1) is 0 Å². The van der Waals surface area contributed by atoms with Gasteiger partial charge in [0.15, 0.2) is 5.96 Å². The zero-order chi connectivity index (χ0) is 14.1. The SMILES string of the molecule is CC1CCCC(C2CN=C(N)N2c2ccccc2F)C1. The molecule has 108 valence electrons. The Balaban J connectivity index is 1.87. The Hall–Kier alpha value is -1.58. The molecule has 1 aromatic rings. The van der Waals surface area contributed by atoms with Crippen molar-refractivity contribution >= 4 is 11.6 Å². The first-order valence-electron chi connectivity index (χ1n) is 7.50. The number of hydrogen-bond donors (Lipinski definition) is 1. The van der Waals surface area contributed by atoms with Crippen molar-refractivity contribution in [2.75, 3.05) is 11.4 Å². The molecule has 0 radical (unpaired) electrons. The minimum atomic E-state index is -0.221. The second-order valence-corrected chi connectivity index (χ2v) is 6.12. The van der Waals surface area contributed by atoms with Gasteiger partial charge in [0.05, 0.1) is 18.3 Å². The fourth-order valence-electron chi connectivity index (χ4n) is 3.65. The number of nitrogens with two attached hydrogens (primary N) is 1. The van der Waals surface area contributed by atoms with E-state index in [0.29, 0.717) is 24.1 Å². The maximum atomic E-state index is 14.1. The number of halogens is 1. The van der Waals surface area contributed by atoms with Gasteiger partial charge < -0.3 is 10.6 Å². The van der Waals surface area contributed by atoms with Gasteiger partial charge in [-0.2, -0.15) is 0 Å². The van der Waals surface area contributed by atoms with Crippen LogP contribution in [0.4, 0.5) is 10.1 Å². The highest BCUT2D eigenvalue weighted by atomic mass is 19.1. The van der Waals surface area contributed by atoms with Gasteiger partial charge in [0.25, 0.3) is 0 Å². The molecule has 2 aliphatic rings. The van der Waals surface area contributed by atoms with E-state index in [9.17, 15) is 4.39 Å². The molecule has 2 N–H and O–H groups in total. The van der Waals surface area contributed by atoms with Crippen molar-refractivity contribution in [3.05, 3.63) is 30.1 Å². The van der Waals surface area contributed by atoms with Crippen LogP contribution in [0, 0.1) is 17.7 Å². The lowest BCUT2D eigenvalue weighted by atomic mass is 9.78. The summed E-state index contributed by atoms with van der Waals surface area (Å²) in [4.78, 5) is 6.29. The number of aliphatic imine (C=N–C) groups is 1. The molecule has 1 heterocycles. The Morgan fingerprint density at radius 1 is 1.30 bits per heavy atom. The van der Waals surface area contributed by atoms with Crippen molar-refractivity contribution in [3.8, 4) is 0 Å². The lowest BCUT2D eigenvalue weighted by Crippen LogP contribution is -2.46. The van der Waals surface area contributed by atoms with Crippen LogP contribution >= 0.6 is 0 Å². The van der Waals surface area contributed by atoms with Crippen LogP contribution in [0.1, 0.15) is 32.6 Å². The zero-order valence-electron chi connectivity index (χ0n) is 11.9. The molecule has 1 aliphatic carbocycles. The molecule has 0 saturated heterocycles. The summed E-state index contributed by atoms with van der Waals surface area (Å²) in [6, 6.07) is 7.06. The fourth-order valence-corrected chi connectivity index (χ4v) is 3.65. The largest absolute Gasteiger partial charge is 0.370 e. The van der Waals surface area contributed by atoms with Crippen LogP contribution in [0.15, 0.2) is 29.3 Å². The second kappa shape index (κ2) is 5.43. The van der Waals surface area contributed by atoms with E-state index in [2.05, 4.69) is 11.9 Å². The first-order valence-corrected chi connectivity index (χ1v) is 7.50. The predicted molar refractivity (Wildman–Crippen MR) is 80.3 cm³/mol. The third-order valence-electron chi connectivity index (χ3n) is 4.65. The third kappa shape index (κ3) is 2.39. The van der Waals surface area contributed by atoms with E-state index in [1.807, 2.05) is 11.0 Å². The molecule has 1 fully saturated rings. The van der Waals surface area contributed by atoms with E-state index < -0.39 is 0 Å². The molecule has 0 bridgehead atoms. The summed E-state index contributed by atoms with van der Waals surface area (Å²) in [5.74, 6) is 1.54. The van der Waals surface area contributed by atoms with Crippen LogP contribution in [0.2, 0.25) is 0 Å². The van der Waals surface area contributed by atoms with Crippen molar-refractivity contribution in [1.29, 1.82) is 0 Å². The Bertz CT molecular complexity index is 514. The van der Waals surface area contributed by atoms with Crippen LogP contribution in [0.25, 0.3) is 0 Å². The van der Waals surface area contributed by atoms with Crippen LogP contribution in [-0.2, 0) is 0 Å². The molecular weight excluding hydrogens is 253 g/mol. The minimum absolute atomic E-state index is 0.217. The zero-order valence-corrected chi connectivity index (χ0v) is 11.9. The average molecular weight is 275 g/mol. The summed E-state index contributed by atoms with van der Waals surface area (Å²) in [6.45, 7) is 3.00. The molecule has 4 heteroatoms. The Morgan fingerprint density at radius 2 is 2.10 bits per heavy atom. The highest BCUT2D eigenvalue weighted by Gasteiger charge is 2.36. The first kappa shape index (κ1) is 13.4. The van der Waals surface area contributed by atoms with Gasteiger partial charge in [0.2, 0.25) is 0 Å². The van der Waals surface area contributed by atoms with Crippen LogP contribution in [0.3, 0.4) is 0 Å². The van der Waals surface area contributed by atoms with E-state index in [1.54, 1.807) is 12.1 Å². The van der Waals surface area contributed by atoms with Gasteiger partial charge >= 0.3 is 0 Å².